The van der Waals surface area contributed by atoms with Gasteiger partial charge in [-0.25, -0.2) is 0 Å². The Morgan fingerprint density at radius 1 is 1.36 bits per heavy atom. The van der Waals surface area contributed by atoms with Gasteiger partial charge in [-0.05, 0) is 42.7 Å². The van der Waals surface area contributed by atoms with Crippen LogP contribution in [0.25, 0.3) is 0 Å². The van der Waals surface area contributed by atoms with Crippen LogP contribution in [0.15, 0.2) is 24.3 Å². The maximum Gasteiger partial charge on any atom is 0.0812 e. The first-order valence-corrected chi connectivity index (χ1v) is 5.51. The molecule has 3 atom stereocenters. The second-order valence-corrected chi connectivity index (χ2v) is 4.65. The summed E-state index contributed by atoms with van der Waals surface area (Å²) >= 11 is 0. The van der Waals surface area contributed by atoms with Gasteiger partial charge in [-0.15, -0.1) is 0 Å². The van der Waals surface area contributed by atoms with Crippen molar-refractivity contribution in [2.24, 2.45) is 5.92 Å². The fourth-order valence-electron chi connectivity index (χ4n) is 2.43. The predicted octanol–water partition coefficient (Wildman–Crippen LogP) is 2.89. The Hall–Kier alpha value is -0.820. The Morgan fingerprint density at radius 2 is 2.14 bits per heavy atom. The Morgan fingerprint density at radius 3 is 2.86 bits per heavy atom. The highest BCUT2D eigenvalue weighted by molar-refractivity contribution is 5.33. The molecule has 1 aromatic carbocycles. The van der Waals surface area contributed by atoms with Crippen molar-refractivity contribution in [1.82, 2.24) is 0 Å². The van der Waals surface area contributed by atoms with E-state index in [1.54, 1.807) is 5.56 Å². The predicted molar refractivity (Wildman–Crippen MR) is 56.4 cm³/mol. The van der Waals surface area contributed by atoms with E-state index in [1.807, 2.05) is 0 Å². The smallest absolute Gasteiger partial charge is 0.0812 e. The minimum absolute atomic E-state index is 0.606. The maximum atomic E-state index is 5.27. The number of hydrogen-bond acceptors (Lipinski definition) is 1. The molecule has 1 aromatic rings. The van der Waals surface area contributed by atoms with E-state index in [0.29, 0.717) is 6.10 Å². The van der Waals surface area contributed by atoms with Gasteiger partial charge in [-0.1, -0.05) is 24.3 Å². The minimum Gasteiger partial charge on any atom is -0.373 e. The third kappa shape index (κ3) is 1.57. The lowest BCUT2D eigenvalue weighted by molar-refractivity contribution is 0.386. The average Bonchev–Trinajstić information content (AvgIpc) is 3.05. The largest absolute Gasteiger partial charge is 0.373 e. The normalized spacial score (nSPS) is 34.2. The van der Waals surface area contributed by atoms with Gasteiger partial charge in [0.1, 0.15) is 0 Å². The summed E-state index contributed by atoms with van der Waals surface area (Å²) in [5, 5.41) is 0. The molecule has 0 amide bonds. The van der Waals surface area contributed by atoms with E-state index in [9.17, 15) is 0 Å². The van der Waals surface area contributed by atoms with E-state index in [0.717, 1.165) is 18.4 Å². The number of rotatable bonds is 3. The summed E-state index contributed by atoms with van der Waals surface area (Å²) in [5.41, 5.74) is 3.02. The van der Waals surface area contributed by atoms with Crippen molar-refractivity contribution < 1.29 is 4.74 Å². The summed E-state index contributed by atoms with van der Waals surface area (Å²) in [6, 6.07) is 8.79. The zero-order chi connectivity index (χ0) is 9.54. The number of hydrogen-bond donors (Lipinski definition) is 0. The standard InChI is InChI=1S/C13H16O/c1-9-4-2-3-5-12(9)13-7-10(13)6-11-8-14-11/h2-5,10-11,13H,6-8H2,1H3. The fourth-order valence-corrected chi connectivity index (χ4v) is 2.43. The summed E-state index contributed by atoms with van der Waals surface area (Å²) in [4.78, 5) is 0. The van der Waals surface area contributed by atoms with Gasteiger partial charge in [0, 0.05) is 0 Å². The Balaban J connectivity index is 1.69. The van der Waals surface area contributed by atoms with Gasteiger partial charge >= 0.3 is 0 Å². The van der Waals surface area contributed by atoms with Crippen molar-refractivity contribution in [2.45, 2.75) is 31.8 Å². The number of aryl methyl sites for hydroxylation is 1. The molecule has 1 heterocycles. The van der Waals surface area contributed by atoms with Crippen molar-refractivity contribution in [3.63, 3.8) is 0 Å². The number of benzene rings is 1. The van der Waals surface area contributed by atoms with Gasteiger partial charge < -0.3 is 4.74 Å². The lowest BCUT2D eigenvalue weighted by Gasteiger charge is -2.03. The zero-order valence-electron chi connectivity index (χ0n) is 8.57. The third-order valence-electron chi connectivity index (χ3n) is 3.48. The Kier molecular flexibility index (Phi) is 1.88. The van der Waals surface area contributed by atoms with Crippen LogP contribution in [0.3, 0.4) is 0 Å². The molecule has 1 aliphatic carbocycles. The monoisotopic (exact) mass is 188 g/mol. The first-order valence-electron chi connectivity index (χ1n) is 5.51. The van der Waals surface area contributed by atoms with Gasteiger partial charge in [0.25, 0.3) is 0 Å². The van der Waals surface area contributed by atoms with Crippen molar-refractivity contribution in [3.8, 4) is 0 Å². The maximum absolute atomic E-state index is 5.27. The van der Waals surface area contributed by atoms with Crippen LogP contribution in [0.1, 0.15) is 29.9 Å². The van der Waals surface area contributed by atoms with Crippen molar-refractivity contribution in [2.75, 3.05) is 6.61 Å². The molecule has 3 unspecified atom stereocenters. The summed E-state index contributed by atoms with van der Waals surface area (Å²) in [7, 11) is 0. The van der Waals surface area contributed by atoms with Gasteiger partial charge in [-0.3, -0.25) is 0 Å². The van der Waals surface area contributed by atoms with E-state index >= 15 is 0 Å². The van der Waals surface area contributed by atoms with Crippen LogP contribution in [0, 0.1) is 12.8 Å². The first kappa shape index (κ1) is 8.49. The van der Waals surface area contributed by atoms with Crippen molar-refractivity contribution in [3.05, 3.63) is 35.4 Å². The van der Waals surface area contributed by atoms with Crippen molar-refractivity contribution in [1.29, 1.82) is 0 Å². The molecule has 1 nitrogen and oxygen atoms in total. The molecule has 0 spiro atoms. The molecule has 14 heavy (non-hydrogen) atoms. The minimum atomic E-state index is 0.606. The molecule has 0 bridgehead atoms. The lowest BCUT2D eigenvalue weighted by atomic mass is 10.0. The van der Waals surface area contributed by atoms with Crippen LogP contribution < -0.4 is 0 Å². The molecule has 1 heteroatoms. The molecule has 0 N–H and O–H groups in total. The molecule has 0 radical (unpaired) electrons. The lowest BCUT2D eigenvalue weighted by Crippen LogP contribution is -1.91. The van der Waals surface area contributed by atoms with E-state index in [-0.39, 0.29) is 0 Å². The zero-order valence-corrected chi connectivity index (χ0v) is 8.57. The van der Waals surface area contributed by atoms with Crippen LogP contribution in [0.5, 0.6) is 0 Å². The van der Waals surface area contributed by atoms with Crippen LogP contribution in [-0.4, -0.2) is 12.7 Å². The van der Waals surface area contributed by atoms with Gasteiger partial charge in [0.15, 0.2) is 0 Å². The van der Waals surface area contributed by atoms with E-state index in [1.165, 1.54) is 18.4 Å². The van der Waals surface area contributed by atoms with Crippen LogP contribution in [-0.2, 0) is 4.74 Å². The highest BCUT2D eigenvalue weighted by atomic mass is 16.6. The molecular formula is C13H16O. The van der Waals surface area contributed by atoms with Gasteiger partial charge in [-0.2, -0.15) is 0 Å². The Labute approximate surface area is 85.1 Å². The molecule has 1 aliphatic heterocycles. The molecule has 74 valence electrons. The highest BCUT2D eigenvalue weighted by Gasteiger charge is 2.42. The van der Waals surface area contributed by atoms with Crippen LogP contribution in [0.2, 0.25) is 0 Å². The summed E-state index contributed by atoms with van der Waals surface area (Å²) in [6.07, 6.45) is 3.28. The van der Waals surface area contributed by atoms with Gasteiger partial charge in [0.05, 0.1) is 12.7 Å². The van der Waals surface area contributed by atoms with Crippen LogP contribution >= 0.6 is 0 Å². The molecular weight excluding hydrogens is 172 g/mol. The molecule has 3 rings (SSSR count). The quantitative estimate of drug-likeness (QED) is 0.664. The number of ether oxygens (including phenoxy) is 1. The Bertz CT molecular complexity index is 341. The third-order valence-corrected chi connectivity index (χ3v) is 3.48. The summed E-state index contributed by atoms with van der Waals surface area (Å²) in [6.45, 7) is 3.23. The summed E-state index contributed by atoms with van der Waals surface area (Å²) < 4.78 is 5.27. The second-order valence-electron chi connectivity index (χ2n) is 4.65. The van der Waals surface area contributed by atoms with Gasteiger partial charge in [0.2, 0.25) is 0 Å². The van der Waals surface area contributed by atoms with Crippen molar-refractivity contribution >= 4 is 0 Å². The average molecular weight is 188 g/mol. The molecule has 2 fully saturated rings. The first-order chi connectivity index (χ1) is 6.84. The molecule has 0 aromatic heterocycles. The summed E-state index contributed by atoms with van der Waals surface area (Å²) in [5.74, 6) is 1.74. The highest BCUT2D eigenvalue weighted by Crippen LogP contribution is 2.52. The van der Waals surface area contributed by atoms with Crippen LogP contribution in [0.4, 0.5) is 0 Å². The fraction of sp³-hybridized carbons (Fsp3) is 0.538. The van der Waals surface area contributed by atoms with E-state index in [4.69, 9.17) is 4.74 Å². The molecule has 1 saturated heterocycles. The van der Waals surface area contributed by atoms with E-state index < -0.39 is 0 Å². The topological polar surface area (TPSA) is 12.5 Å². The number of epoxide rings is 1. The molecule has 2 aliphatic rings. The SMILES string of the molecule is Cc1ccccc1C1CC1CC1CO1. The second kappa shape index (κ2) is 3.09. The molecule has 1 saturated carbocycles. The van der Waals surface area contributed by atoms with E-state index in [2.05, 4.69) is 31.2 Å².